The molecule has 0 saturated heterocycles. The molecule has 7 nitrogen and oxygen atoms in total. The third kappa shape index (κ3) is 7.12. The summed E-state index contributed by atoms with van der Waals surface area (Å²) in [6.07, 6.45) is 0. The van der Waals surface area contributed by atoms with Gasteiger partial charge in [-0.25, -0.2) is 0 Å². The molecule has 0 bridgehead atoms. The van der Waals surface area contributed by atoms with E-state index in [0.29, 0.717) is 32.7 Å². The molecule has 0 aliphatic rings. The molecular weight excluding hydrogens is 527 g/mol. The van der Waals surface area contributed by atoms with Gasteiger partial charge in [0.05, 0.1) is 21.4 Å². The predicted molar refractivity (Wildman–Crippen MR) is 147 cm³/mol. The number of hydrogen-bond acceptors (Lipinski definition) is 5. The van der Waals surface area contributed by atoms with Crippen molar-refractivity contribution in [3.63, 3.8) is 0 Å². The normalized spacial score (nSPS) is 10.4. The van der Waals surface area contributed by atoms with Crippen molar-refractivity contribution in [2.75, 3.05) is 23.8 Å². The molecule has 0 unspecified atom stereocenters. The summed E-state index contributed by atoms with van der Waals surface area (Å²) in [6, 6.07) is 26.8. The van der Waals surface area contributed by atoms with Gasteiger partial charge in [0.15, 0.2) is 19.0 Å². The second-order valence-electron chi connectivity index (χ2n) is 7.99. The van der Waals surface area contributed by atoms with Crippen LogP contribution in [0.4, 0.5) is 11.4 Å². The molecule has 0 aliphatic carbocycles. The first-order valence-electron chi connectivity index (χ1n) is 11.5. The van der Waals surface area contributed by atoms with Crippen molar-refractivity contribution in [2.24, 2.45) is 0 Å². The van der Waals surface area contributed by atoms with Gasteiger partial charge in [-0.1, -0.05) is 77.8 Å². The van der Waals surface area contributed by atoms with Crippen LogP contribution >= 0.6 is 23.2 Å². The van der Waals surface area contributed by atoms with E-state index in [0.717, 1.165) is 0 Å². The fourth-order valence-corrected chi connectivity index (χ4v) is 3.82. The number of para-hydroxylation sites is 2. The minimum atomic E-state index is -0.517. The second kappa shape index (κ2) is 12.8. The lowest BCUT2D eigenvalue weighted by Crippen LogP contribution is -2.24. The maximum atomic E-state index is 13.0. The number of nitrogens with one attached hydrogen (secondary N) is 2. The molecule has 0 saturated carbocycles. The van der Waals surface area contributed by atoms with Crippen LogP contribution < -0.4 is 20.1 Å². The monoisotopic (exact) mass is 548 g/mol. The summed E-state index contributed by atoms with van der Waals surface area (Å²) in [6.45, 7) is -0.666. The predicted octanol–water partition coefficient (Wildman–Crippen LogP) is 6.26. The molecule has 2 N–H and O–H groups in total. The lowest BCUT2D eigenvalue weighted by atomic mass is 10.0. The van der Waals surface area contributed by atoms with Crippen LogP contribution in [0.5, 0.6) is 11.5 Å². The van der Waals surface area contributed by atoms with Crippen molar-refractivity contribution in [1.29, 1.82) is 0 Å². The zero-order chi connectivity index (χ0) is 26.9. The fraction of sp³-hybridized carbons (Fsp3) is 0.0690. The van der Waals surface area contributed by atoms with Crippen molar-refractivity contribution >= 4 is 52.2 Å². The molecule has 0 atom stereocenters. The molecule has 0 radical (unpaired) electrons. The van der Waals surface area contributed by atoms with E-state index in [4.69, 9.17) is 32.7 Å². The van der Waals surface area contributed by atoms with Crippen molar-refractivity contribution in [2.45, 2.75) is 0 Å². The Morgan fingerprint density at radius 1 is 0.579 bits per heavy atom. The summed E-state index contributed by atoms with van der Waals surface area (Å²) in [5.41, 5.74) is 1.29. The van der Waals surface area contributed by atoms with Crippen LogP contribution in [0.3, 0.4) is 0 Å². The Kier molecular flexibility index (Phi) is 8.98. The van der Waals surface area contributed by atoms with E-state index in [1.165, 1.54) is 12.1 Å². The summed E-state index contributed by atoms with van der Waals surface area (Å²) in [7, 11) is 0. The highest BCUT2D eigenvalue weighted by Gasteiger charge is 2.16. The molecule has 2 amide bonds. The number of ether oxygens (including phenoxy) is 2. The Labute approximate surface area is 229 Å². The van der Waals surface area contributed by atoms with Crippen LogP contribution in [-0.4, -0.2) is 30.8 Å². The number of amides is 2. The second-order valence-corrected chi connectivity index (χ2v) is 8.80. The first-order valence-corrected chi connectivity index (χ1v) is 12.2. The van der Waals surface area contributed by atoms with E-state index in [1.807, 2.05) is 6.07 Å². The molecule has 4 rings (SSSR count). The fourth-order valence-electron chi connectivity index (χ4n) is 3.44. The van der Waals surface area contributed by atoms with Gasteiger partial charge in [-0.05, 0) is 42.5 Å². The van der Waals surface area contributed by atoms with Gasteiger partial charge in [-0.15, -0.1) is 0 Å². The SMILES string of the molecule is O=C(COc1ccccc1Cl)Nc1ccc(C(=O)c2ccccc2)cc1NC(=O)COc1ccccc1Cl. The molecular formula is C29H22Cl2N2O5. The van der Waals surface area contributed by atoms with Crippen LogP contribution in [0.25, 0.3) is 0 Å². The maximum Gasteiger partial charge on any atom is 0.262 e. The highest BCUT2D eigenvalue weighted by Crippen LogP contribution is 2.27. The van der Waals surface area contributed by atoms with E-state index < -0.39 is 11.8 Å². The Balaban J connectivity index is 1.51. The number of hydrogen-bond donors (Lipinski definition) is 2. The smallest absolute Gasteiger partial charge is 0.262 e. The first kappa shape index (κ1) is 26.7. The third-order valence-electron chi connectivity index (χ3n) is 5.26. The number of halogens is 2. The molecule has 9 heteroatoms. The molecule has 38 heavy (non-hydrogen) atoms. The average Bonchev–Trinajstić information content (AvgIpc) is 2.93. The van der Waals surface area contributed by atoms with Crippen LogP contribution in [0.1, 0.15) is 15.9 Å². The summed E-state index contributed by atoms with van der Waals surface area (Å²) in [5, 5.41) is 6.13. The lowest BCUT2D eigenvalue weighted by Gasteiger charge is -2.15. The summed E-state index contributed by atoms with van der Waals surface area (Å²) in [4.78, 5) is 38.3. The average molecular weight is 549 g/mol. The van der Waals surface area contributed by atoms with Gasteiger partial charge in [0, 0.05) is 11.1 Å². The topological polar surface area (TPSA) is 93.7 Å². The Morgan fingerprint density at radius 3 is 1.63 bits per heavy atom. The highest BCUT2D eigenvalue weighted by molar-refractivity contribution is 6.32. The van der Waals surface area contributed by atoms with Gasteiger partial charge >= 0.3 is 0 Å². The molecule has 4 aromatic carbocycles. The zero-order valence-corrected chi connectivity index (χ0v) is 21.5. The molecule has 0 aromatic heterocycles. The Hall–Kier alpha value is -4.33. The number of carbonyl (C=O) groups is 3. The van der Waals surface area contributed by atoms with Gasteiger partial charge in [-0.2, -0.15) is 0 Å². The highest BCUT2D eigenvalue weighted by atomic mass is 35.5. The molecule has 4 aromatic rings. The van der Waals surface area contributed by atoms with E-state index in [-0.39, 0.29) is 30.4 Å². The van der Waals surface area contributed by atoms with Gasteiger partial charge in [0.1, 0.15) is 11.5 Å². The quantitative estimate of drug-likeness (QED) is 0.228. The van der Waals surface area contributed by atoms with Gasteiger partial charge in [-0.3, -0.25) is 14.4 Å². The van der Waals surface area contributed by atoms with Crippen molar-refractivity contribution < 1.29 is 23.9 Å². The van der Waals surface area contributed by atoms with Crippen LogP contribution in [0.15, 0.2) is 97.1 Å². The Morgan fingerprint density at radius 2 is 1.08 bits per heavy atom. The van der Waals surface area contributed by atoms with Crippen molar-refractivity contribution in [3.05, 3.63) is 118 Å². The number of ketones is 1. The number of benzene rings is 4. The van der Waals surface area contributed by atoms with Crippen molar-refractivity contribution in [3.8, 4) is 11.5 Å². The third-order valence-corrected chi connectivity index (χ3v) is 5.88. The van der Waals surface area contributed by atoms with E-state index in [1.54, 1.807) is 78.9 Å². The number of anilines is 2. The number of rotatable bonds is 10. The van der Waals surface area contributed by atoms with E-state index in [2.05, 4.69) is 10.6 Å². The maximum absolute atomic E-state index is 13.0. The minimum Gasteiger partial charge on any atom is -0.482 e. The van der Waals surface area contributed by atoms with Gasteiger partial charge in [0.2, 0.25) is 0 Å². The summed E-state index contributed by atoms with van der Waals surface area (Å²) >= 11 is 12.2. The van der Waals surface area contributed by atoms with Crippen molar-refractivity contribution in [1.82, 2.24) is 0 Å². The summed E-state index contributed by atoms with van der Waals surface area (Å²) in [5.74, 6) is -0.541. The van der Waals surface area contributed by atoms with Gasteiger partial charge in [0.25, 0.3) is 11.8 Å². The Bertz CT molecular complexity index is 1460. The van der Waals surface area contributed by atoms with E-state index in [9.17, 15) is 14.4 Å². The zero-order valence-electron chi connectivity index (χ0n) is 19.9. The minimum absolute atomic E-state index is 0.214. The van der Waals surface area contributed by atoms with Gasteiger partial charge < -0.3 is 20.1 Å². The lowest BCUT2D eigenvalue weighted by molar-refractivity contribution is -0.119. The van der Waals surface area contributed by atoms with Crippen LogP contribution in [0.2, 0.25) is 10.0 Å². The van der Waals surface area contributed by atoms with Crippen LogP contribution in [-0.2, 0) is 9.59 Å². The largest absolute Gasteiger partial charge is 0.482 e. The molecule has 0 aliphatic heterocycles. The number of carbonyl (C=O) groups excluding carboxylic acids is 3. The first-order chi connectivity index (χ1) is 18.4. The molecule has 192 valence electrons. The molecule has 0 fully saturated rings. The van der Waals surface area contributed by atoms with E-state index >= 15 is 0 Å². The standard InChI is InChI=1S/C29H22Cl2N2O5/c30-21-10-4-6-12-25(21)37-17-27(34)32-23-15-14-20(29(36)19-8-2-1-3-9-19)16-24(23)33-28(35)18-38-26-13-7-5-11-22(26)31/h1-16H,17-18H2,(H,32,34)(H,33,35). The van der Waals surface area contributed by atoms with Crippen LogP contribution in [0, 0.1) is 0 Å². The molecule has 0 spiro atoms. The summed E-state index contributed by atoms with van der Waals surface area (Å²) < 4.78 is 11.0. The molecule has 0 heterocycles.